The maximum absolute atomic E-state index is 6.13. The second kappa shape index (κ2) is 5.92. The van der Waals surface area contributed by atoms with Gasteiger partial charge in [-0.25, -0.2) is 0 Å². The lowest BCUT2D eigenvalue weighted by Crippen LogP contribution is -2.37. The van der Waals surface area contributed by atoms with E-state index in [9.17, 15) is 0 Å². The second-order valence-corrected chi connectivity index (χ2v) is 4.63. The lowest BCUT2D eigenvalue weighted by atomic mass is 10.1. The molecule has 0 amide bonds. The van der Waals surface area contributed by atoms with Crippen molar-refractivity contribution in [3.63, 3.8) is 0 Å². The Balaban J connectivity index is 1.98. The molecule has 0 saturated heterocycles. The molecule has 0 bridgehead atoms. The lowest BCUT2D eigenvalue weighted by molar-refractivity contribution is 0.162. The van der Waals surface area contributed by atoms with Gasteiger partial charge in [0.05, 0.1) is 7.11 Å². The van der Waals surface area contributed by atoms with Crippen LogP contribution in [-0.4, -0.2) is 19.3 Å². The predicted molar refractivity (Wildman–Crippen MR) is 68.5 cm³/mol. The molecule has 94 valence electrons. The van der Waals surface area contributed by atoms with Crippen molar-refractivity contribution in [2.45, 2.75) is 44.2 Å². The zero-order chi connectivity index (χ0) is 12.1. The van der Waals surface area contributed by atoms with Crippen LogP contribution in [0.5, 0.6) is 11.5 Å². The Hall–Kier alpha value is -1.22. The van der Waals surface area contributed by atoms with Crippen LogP contribution in [0.3, 0.4) is 0 Å². The van der Waals surface area contributed by atoms with Crippen molar-refractivity contribution in [1.82, 2.24) is 0 Å². The lowest BCUT2D eigenvalue weighted by Gasteiger charge is -2.22. The quantitative estimate of drug-likeness (QED) is 0.819. The van der Waals surface area contributed by atoms with Crippen LogP contribution in [0.25, 0.3) is 0 Å². The third-order valence-corrected chi connectivity index (χ3v) is 3.35. The Labute approximate surface area is 103 Å². The number of nitrogens with two attached hydrogens (primary N) is 1. The van der Waals surface area contributed by atoms with E-state index < -0.39 is 0 Å². The van der Waals surface area contributed by atoms with Crippen LogP contribution < -0.4 is 15.2 Å². The third-order valence-electron chi connectivity index (χ3n) is 3.35. The molecule has 0 aromatic heterocycles. The Morgan fingerprint density at radius 2 is 1.65 bits per heavy atom. The van der Waals surface area contributed by atoms with Crippen LogP contribution in [0, 0.1) is 0 Å². The first-order chi connectivity index (χ1) is 8.29. The first-order valence-corrected chi connectivity index (χ1v) is 6.36. The van der Waals surface area contributed by atoms with Crippen LogP contribution in [0.2, 0.25) is 0 Å². The topological polar surface area (TPSA) is 44.5 Å². The number of rotatable bonds is 3. The minimum atomic E-state index is 0.158. The van der Waals surface area contributed by atoms with Gasteiger partial charge >= 0.3 is 0 Å². The summed E-state index contributed by atoms with van der Waals surface area (Å²) in [6, 6.07) is 7.88. The van der Waals surface area contributed by atoms with E-state index in [4.69, 9.17) is 15.2 Å². The van der Waals surface area contributed by atoms with Gasteiger partial charge in [-0.2, -0.15) is 0 Å². The highest BCUT2D eigenvalue weighted by atomic mass is 16.5. The monoisotopic (exact) mass is 235 g/mol. The Bertz CT molecular complexity index is 337. The van der Waals surface area contributed by atoms with Crippen molar-refractivity contribution in [3.8, 4) is 11.5 Å². The highest BCUT2D eigenvalue weighted by molar-refractivity contribution is 5.31. The molecule has 0 aliphatic heterocycles. The van der Waals surface area contributed by atoms with Gasteiger partial charge in [-0.05, 0) is 43.5 Å². The van der Waals surface area contributed by atoms with Crippen LogP contribution >= 0.6 is 0 Å². The van der Waals surface area contributed by atoms with Crippen molar-refractivity contribution >= 4 is 0 Å². The number of ether oxygens (including phenoxy) is 2. The van der Waals surface area contributed by atoms with Crippen molar-refractivity contribution in [1.29, 1.82) is 0 Å². The highest BCUT2D eigenvalue weighted by Gasteiger charge is 2.21. The molecule has 2 N–H and O–H groups in total. The SMILES string of the molecule is COc1ccc(O[C@@H]2CCCCC[C@@H]2N)cc1. The van der Waals surface area contributed by atoms with Crippen molar-refractivity contribution < 1.29 is 9.47 Å². The van der Waals surface area contributed by atoms with E-state index in [1.54, 1.807) is 7.11 Å². The minimum Gasteiger partial charge on any atom is -0.497 e. The van der Waals surface area contributed by atoms with E-state index in [1.807, 2.05) is 24.3 Å². The van der Waals surface area contributed by atoms with Crippen LogP contribution in [0.1, 0.15) is 32.1 Å². The molecular formula is C14H21NO2. The Morgan fingerprint density at radius 1 is 1.00 bits per heavy atom. The fourth-order valence-corrected chi connectivity index (χ4v) is 2.28. The van der Waals surface area contributed by atoms with E-state index >= 15 is 0 Å². The summed E-state index contributed by atoms with van der Waals surface area (Å²) in [7, 11) is 1.66. The average molecular weight is 235 g/mol. The van der Waals surface area contributed by atoms with E-state index in [1.165, 1.54) is 19.3 Å². The molecule has 3 heteroatoms. The van der Waals surface area contributed by atoms with Gasteiger partial charge in [0, 0.05) is 6.04 Å². The number of methoxy groups -OCH3 is 1. The summed E-state index contributed by atoms with van der Waals surface area (Å²) in [5.41, 5.74) is 6.13. The molecule has 1 aromatic rings. The summed E-state index contributed by atoms with van der Waals surface area (Å²) in [6.07, 6.45) is 6.01. The molecule has 0 radical (unpaired) electrons. The fraction of sp³-hybridized carbons (Fsp3) is 0.571. The molecule has 1 aliphatic carbocycles. The molecule has 0 unspecified atom stereocenters. The van der Waals surface area contributed by atoms with E-state index in [2.05, 4.69) is 0 Å². The van der Waals surface area contributed by atoms with Crippen LogP contribution in [0.15, 0.2) is 24.3 Å². The summed E-state index contributed by atoms with van der Waals surface area (Å²) < 4.78 is 11.1. The normalized spacial score (nSPS) is 25.1. The van der Waals surface area contributed by atoms with E-state index in [-0.39, 0.29) is 12.1 Å². The smallest absolute Gasteiger partial charge is 0.120 e. The van der Waals surface area contributed by atoms with Crippen LogP contribution in [0.4, 0.5) is 0 Å². The molecule has 17 heavy (non-hydrogen) atoms. The van der Waals surface area contributed by atoms with Crippen molar-refractivity contribution in [3.05, 3.63) is 24.3 Å². The van der Waals surface area contributed by atoms with Crippen molar-refractivity contribution in [2.75, 3.05) is 7.11 Å². The third kappa shape index (κ3) is 3.37. The zero-order valence-electron chi connectivity index (χ0n) is 10.4. The number of benzene rings is 1. The van der Waals surface area contributed by atoms with Gasteiger partial charge in [-0.3, -0.25) is 0 Å². The molecule has 2 atom stereocenters. The average Bonchev–Trinajstić information content (AvgIpc) is 2.56. The molecule has 1 saturated carbocycles. The highest BCUT2D eigenvalue weighted by Crippen LogP contribution is 2.23. The summed E-state index contributed by atoms with van der Waals surface area (Å²) in [5.74, 6) is 1.73. The van der Waals surface area contributed by atoms with Gasteiger partial charge in [-0.15, -0.1) is 0 Å². The Kier molecular flexibility index (Phi) is 4.26. The summed E-state index contributed by atoms with van der Waals surface area (Å²) in [6.45, 7) is 0. The van der Waals surface area contributed by atoms with Crippen molar-refractivity contribution in [2.24, 2.45) is 5.73 Å². The first kappa shape index (κ1) is 12.2. The van der Waals surface area contributed by atoms with Crippen LogP contribution in [-0.2, 0) is 0 Å². The van der Waals surface area contributed by atoms with E-state index in [0.29, 0.717) is 0 Å². The minimum absolute atomic E-state index is 0.158. The van der Waals surface area contributed by atoms with Gasteiger partial charge in [-0.1, -0.05) is 12.8 Å². The predicted octanol–water partition coefficient (Wildman–Crippen LogP) is 2.73. The molecule has 1 aliphatic rings. The number of hydrogen-bond acceptors (Lipinski definition) is 3. The standard InChI is InChI=1S/C14H21NO2/c1-16-11-7-9-12(10-8-11)17-14-6-4-2-3-5-13(14)15/h7-10,13-14H,2-6,15H2,1H3/t13-,14+/m0/s1. The molecule has 3 nitrogen and oxygen atoms in total. The molecule has 0 heterocycles. The maximum atomic E-state index is 6.13. The van der Waals surface area contributed by atoms with Gasteiger partial charge < -0.3 is 15.2 Å². The number of hydrogen-bond donors (Lipinski definition) is 1. The van der Waals surface area contributed by atoms with E-state index in [0.717, 1.165) is 24.3 Å². The molecule has 2 rings (SSSR count). The molecular weight excluding hydrogens is 214 g/mol. The fourth-order valence-electron chi connectivity index (χ4n) is 2.28. The second-order valence-electron chi connectivity index (χ2n) is 4.63. The summed E-state index contributed by atoms with van der Waals surface area (Å²) >= 11 is 0. The molecule has 1 fully saturated rings. The van der Waals surface area contributed by atoms with Gasteiger partial charge in [0.15, 0.2) is 0 Å². The first-order valence-electron chi connectivity index (χ1n) is 6.36. The van der Waals surface area contributed by atoms with Gasteiger partial charge in [0.1, 0.15) is 17.6 Å². The summed E-state index contributed by atoms with van der Waals surface area (Å²) in [4.78, 5) is 0. The van der Waals surface area contributed by atoms with Gasteiger partial charge in [0.25, 0.3) is 0 Å². The summed E-state index contributed by atoms with van der Waals surface area (Å²) in [5, 5.41) is 0. The largest absolute Gasteiger partial charge is 0.497 e. The molecule has 1 aromatic carbocycles. The Morgan fingerprint density at radius 3 is 2.35 bits per heavy atom. The van der Waals surface area contributed by atoms with Gasteiger partial charge in [0.2, 0.25) is 0 Å². The molecule has 0 spiro atoms. The maximum Gasteiger partial charge on any atom is 0.120 e. The zero-order valence-corrected chi connectivity index (χ0v) is 10.4.